The average molecular weight is 446 g/mol. The number of hydrogen-bond donors (Lipinski definition) is 1. The van der Waals surface area contributed by atoms with Crippen molar-refractivity contribution in [1.82, 2.24) is 14.8 Å². The number of nitrogens with one attached hydrogen (secondary N) is 1. The van der Waals surface area contributed by atoms with Crippen molar-refractivity contribution in [3.05, 3.63) is 66.9 Å². The summed E-state index contributed by atoms with van der Waals surface area (Å²) in [5.74, 6) is 1.29. The van der Waals surface area contributed by atoms with Gasteiger partial charge in [0.15, 0.2) is 11.0 Å². The number of furan rings is 1. The summed E-state index contributed by atoms with van der Waals surface area (Å²) >= 11 is 1.25. The minimum absolute atomic E-state index is 0.0705. The summed E-state index contributed by atoms with van der Waals surface area (Å²) in [5, 5.41) is 21.9. The van der Waals surface area contributed by atoms with Gasteiger partial charge in [0.05, 0.1) is 12.9 Å². The lowest BCUT2D eigenvalue weighted by atomic mass is 10.2. The van der Waals surface area contributed by atoms with Crippen molar-refractivity contribution in [1.29, 1.82) is 5.26 Å². The van der Waals surface area contributed by atoms with Crippen molar-refractivity contribution in [2.24, 2.45) is 0 Å². The topological polar surface area (TPSA) is 106 Å². The molecular weight excluding hydrogens is 426 g/mol. The molecule has 2 aromatic heterocycles. The zero-order valence-electron chi connectivity index (χ0n) is 17.2. The molecule has 0 radical (unpaired) electrons. The number of carbonyl (C=O) groups is 1. The molecule has 160 valence electrons. The highest BCUT2D eigenvalue weighted by molar-refractivity contribution is 7.99. The lowest BCUT2D eigenvalue weighted by Crippen LogP contribution is -2.15. The first-order chi connectivity index (χ1) is 15.6. The molecule has 0 aliphatic heterocycles. The summed E-state index contributed by atoms with van der Waals surface area (Å²) in [6.07, 6.45) is 1.75. The van der Waals surface area contributed by atoms with E-state index in [0.717, 1.165) is 11.3 Å². The molecule has 1 amide bonds. The lowest BCUT2D eigenvalue weighted by Gasteiger charge is -2.08. The van der Waals surface area contributed by atoms with Gasteiger partial charge in [-0.2, -0.15) is 5.26 Å². The fourth-order valence-electron chi connectivity index (χ4n) is 3.20. The van der Waals surface area contributed by atoms with Crippen LogP contribution in [0, 0.1) is 11.3 Å². The van der Waals surface area contributed by atoms with E-state index < -0.39 is 0 Å². The van der Waals surface area contributed by atoms with E-state index in [1.165, 1.54) is 11.8 Å². The first-order valence-electron chi connectivity index (χ1n) is 9.67. The maximum Gasteiger partial charge on any atom is 0.234 e. The Bertz CT molecular complexity index is 1320. The summed E-state index contributed by atoms with van der Waals surface area (Å²) in [4.78, 5) is 12.6. The van der Waals surface area contributed by atoms with Crippen molar-refractivity contribution in [3.8, 4) is 23.2 Å². The molecule has 0 bridgehead atoms. The Morgan fingerprint density at radius 1 is 1.28 bits per heavy atom. The Kier molecular flexibility index (Phi) is 6.24. The van der Waals surface area contributed by atoms with Crippen LogP contribution in [0.2, 0.25) is 0 Å². The third-order valence-corrected chi connectivity index (χ3v) is 5.64. The Labute approximate surface area is 188 Å². The van der Waals surface area contributed by atoms with Gasteiger partial charge in [-0.15, -0.1) is 16.8 Å². The van der Waals surface area contributed by atoms with Crippen LogP contribution < -0.4 is 10.1 Å². The number of methoxy groups -OCH3 is 1. The van der Waals surface area contributed by atoms with Crippen molar-refractivity contribution in [2.45, 2.75) is 11.7 Å². The maximum atomic E-state index is 12.6. The van der Waals surface area contributed by atoms with Gasteiger partial charge >= 0.3 is 0 Å². The molecule has 8 nitrogen and oxygen atoms in total. The Balaban J connectivity index is 1.51. The number of aromatic nitrogens is 3. The summed E-state index contributed by atoms with van der Waals surface area (Å²) in [5.41, 5.74) is 1.79. The van der Waals surface area contributed by atoms with E-state index in [1.54, 1.807) is 31.4 Å². The second kappa shape index (κ2) is 9.41. The van der Waals surface area contributed by atoms with Crippen LogP contribution in [-0.4, -0.2) is 33.5 Å². The molecular formula is C23H19N5O3S. The summed E-state index contributed by atoms with van der Waals surface area (Å²) in [7, 11) is 1.61. The van der Waals surface area contributed by atoms with Crippen LogP contribution in [0.1, 0.15) is 5.76 Å². The average Bonchev–Trinajstić information content (AvgIpc) is 3.39. The van der Waals surface area contributed by atoms with E-state index >= 15 is 0 Å². The van der Waals surface area contributed by atoms with Gasteiger partial charge in [0.25, 0.3) is 0 Å². The molecule has 4 aromatic rings. The first kappa shape index (κ1) is 21.2. The van der Waals surface area contributed by atoms with Gasteiger partial charge in [0.1, 0.15) is 23.1 Å². The summed E-state index contributed by atoms with van der Waals surface area (Å²) < 4.78 is 12.6. The fraction of sp³-hybridized carbons (Fsp3) is 0.130. The molecule has 32 heavy (non-hydrogen) atoms. The van der Waals surface area contributed by atoms with Gasteiger partial charge in [0.2, 0.25) is 11.7 Å². The summed E-state index contributed by atoms with van der Waals surface area (Å²) in [6.45, 7) is 4.30. The third-order valence-electron chi connectivity index (χ3n) is 4.67. The van der Waals surface area contributed by atoms with Gasteiger partial charge < -0.3 is 14.5 Å². The number of fused-ring (bicyclic) bond motifs is 1. The molecule has 0 saturated heterocycles. The van der Waals surface area contributed by atoms with Crippen LogP contribution in [0.25, 0.3) is 22.4 Å². The molecule has 0 saturated carbocycles. The van der Waals surface area contributed by atoms with Gasteiger partial charge in [-0.05, 0) is 36.4 Å². The molecule has 0 aliphatic carbocycles. The highest BCUT2D eigenvalue weighted by atomic mass is 32.2. The zero-order chi connectivity index (χ0) is 22.5. The normalized spacial score (nSPS) is 10.6. The molecule has 9 heteroatoms. The third kappa shape index (κ3) is 4.22. The minimum Gasteiger partial charge on any atom is -0.497 e. The lowest BCUT2D eigenvalue weighted by molar-refractivity contribution is -0.113. The predicted octanol–water partition coefficient (Wildman–Crippen LogP) is 4.49. The van der Waals surface area contributed by atoms with E-state index in [2.05, 4.69) is 22.1 Å². The van der Waals surface area contributed by atoms with Crippen LogP contribution in [0.3, 0.4) is 0 Å². The fourth-order valence-corrected chi connectivity index (χ4v) is 3.94. The van der Waals surface area contributed by atoms with Gasteiger partial charge in [-0.25, -0.2) is 0 Å². The second-order valence-electron chi connectivity index (χ2n) is 6.68. The number of nitrogens with zero attached hydrogens (tertiary/aromatic N) is 4. The molecule has 0 unspecified atom stereocenters. The van der Waals surface area contributed by atoms with Crippen LogP contribution in [-0.2, 0) is 11.3 Å². The van der Waals surface area contributed by atoms with Crippen LogP contribution in [0.4, 0.5) is 5.69 Å². The Morgan fingerprint density at radius 3 is 2.78 bits per heavy atom. The maximum absolute atomic E-state index is 12.6. The van der Waals surface area contributed by atoms with Gasteiger partial charge in [0, 0.05) is 17.5 Å². The smallest absolute Gasteiger partial charge is 0.234 e. The molecule has 0 spiro atoms. The van der Waals surface area contributed by atoms with Crippen molar-refractivity contribution >= 4 is 34.3 Å². The standard InChI is InChI=1S/C23H19N5O3S/c1-3-12-28-22(15-8-10-16(30-2)11-9-15)26-27-23(28)32-14-20(29)25-21-17-6-4-5-7-18(17)31-19(21)13-24/h3-11H,1,12,14H2,2H3,(H,25,29). The molecule has 1 N–H and O–H groups in total. The number of allylic oxidation sites excluding steroid dienone is 1. The van der Waals surface area contributed by atoms with Crippen LogP contribution in [0.5, 0.6) is 5.75 Å². The number of hydrogen-bond acceptors (Lipinski definition) is 7. The van der Waals surface area contributed by atoms with E-state index in [4.69, 9.17) is 9.15 Å². The monoisotopic (exact) mass is 445 g/mol. The number of amides is 1. The highest BCUT2D eigenvalue weighted by Crippen LogP contribution is 2.31. The molecule has 0 atom stereocenters. The Hall–Kier alpha value is -4.03. The largest absolute Gasteiger partial charge is 0.497 e. The number of rotatable bonds is 8. The van der Waals surface area contributed by atoms with Crippen LogP contribution >= 0.6 is 11.8 Å². The second-order valence-corrected chi connectivity index (χ2v) is 7.63. The summed E-state index contributed by atoms with van der Waals surface area (Å²) in [6, 6.07) is 16.7. The highest BCUT2D eigenvalue weighted by Gasteiger charge is 2.18. The van der Waals surface area contributed by atoms with E-state index in [0.29, 0.717) is 34.2 Å². The number of para-hydroxylation sites is 1. The number of nitriles is 1. The van der Waals surface area contributed by atoms with E-state index in [-0.39, 0.29) is 17.4 Å². The number of thioether (sulfide) groups is 1. The first-order valence-corrected chi connectivity index (χ1v) is 10.7. The van der Waals surface area contributed by atoms with Crippen LogP contribution in [0.15, 0.2) is 70.8 Å². The zero-order valence-corrected chi connectivity index (χ0v) is 18.1. The molecule has 2 heterocycles. The Morgan fingerprint density at radius 2 is 2.06 bits per heavy atom. The van der Waals surface area contributed by atoms with E-state index in [1.807, 2.05) is 41.0 Å². The molecule has 0 fully saturated rings. The number of benzene rings is 2. The quantitative estimate of drug-likeness (QED) is 0.315. The molecule has 0 aliphatic rings. The molecule has 4 rings (SSSR count). The van der Waals surface area contributed by atoms with E-state index in [9.17, 15) is 10.1 Å². The van der Waals surface area contributed by atoms with Crippen molar-refractivity contribution < 1.29 is 13.9 Å². The van der Waals surface area contributed by atoms with Crippen molar-refractivity contribution in [3.63, 3.8) is 0 Å². The minimum atomic E-state index is -0.280. The molecule has 2 aromatic carbocycles. The van der Waals surface area contributed by atoms with Gasteiger partial charge in [-0.1, -0.05) is 30.0 Å². The number of anilines is 1. The SMILES string of the molecule is C=CCn1c(SCC(=O)Nc2c(C#N)oc3ccccc23)nnc1-c1ccc(OC)cc1. The van der Waals surface area contributed by atoms with Gasteiger partial charge in [-0.3, -0.25) is 9.36 Å². The van der Waals surface area contributed by atoms with Crippen molar-refractivity contribution in [2.75, 3.05) is 18.2 Å². The predicted molar refractivity (Wildman–Crippen MR) is 122 cm³/mol. The number of ether oxygens (including phenoxy) is 1. The number of carbonyl (C=O) groups excluding carboxylic acids is 1.